The lowest BCUT2D eigenvalue weighted by molar-refractivity contribution is 0.415. The van der Waals surface area contributed by atoms with Gasteiger partial charge in [0.25, 0.3) is 0 Å². The number of thiazole rings is 2. The summed E-state index contributed by atoms with van der Waals surface area (Å²) >= 11 is 3.04. The SMILES string of the molecule is COc1ccc2nc(-c3ccccc3)c(-c3csc(-c4sc(Nc5ccc(N(C)C)cc5)nc4N)n3)cc2c1. The Morgan fingerprint density at radius 1 is 0.897 bits per heavy atom. The summed E-state index contributed by atoms with van der Waals surface area (Å²) in [5, 5.41) is 7.95. The Balaban J connectivity index is 1.36. The number of nitrogens with two attached hydrogens (primary N) is 1. The van der Waals surface area contributed by atoms with Gasteiger partial charge in [0.15, 0.2) is 5.13 Å². The number of nitrogens with zero attached hydrogens (tertiary/aromatic N) is 4. The minimum atomic E-state index is 0.456. The van der Waals surface area contributed by atoms with E-state index in [-0.39, 0.29) is 0 Å². The van der Waals surface area contributed by atoms with E-state index in [2.05, 4.69) is 50.9 Å². The van der Waals surface area contributed by atoms with Crippen LogP contribution in [0.25, 0.3) is 43.3 Å². The summed E-state index contributed by atoms with van der Waals surface area (Å²) < 4.78 is 5.45. The molecular weight excluding hydrogens is 525 g/mol. The number of hydrogen-bond acceptors (Lipinski definition) is 9. The zero-order valence-corrected chi connectivity index (χ0v) is 23.3. The van der Waals surface area contributed by atoms with Crippen LogP contribution in [-0.4, -0.2) is 36.2 Å². The number of anilines is 4. The van der Waals surface area contributed by atoms with Crippen LogP contribution in [0.5, 0.6) is 5.75 Å². The van der Waals surface area contributed by atoms with E-state index in [1.54, 1.807) is 18.4 Å². The van der Waals surface area contributed by atoms with Crippen molar-refractivity contribution in [1.29, 1.82) is 0 Å². The summed E-state index contributed by atoms with van der Waals surface area (Å²) in [6, 6.07) is 26.4. The molecule has 3 aromatic carbocycles. The Morgan fingerprint density at radius 2 is 1.69 bits per heavy atom. The van der Waals surface area contributed by atoms with Crippen molar-refractivity contribution in [3.05, 3.63) is 84.2 Å². The third kappa shape index (κ3) is 5.01. The van der Waals surface area contributed by atoms with Crippen LogP contribution in [0.1, 0.15) is 0 Å². The van der Waals surface area contributed by atoms with Crippen molar-refractivity contribution in [1.82, 2.24) is 15.0 Å². The normalized spacial score (nSPS) is 11.1. The maximum Gasteiger partial charge on any atom is 0.189 e. The third-order valence-electron chi connectivity index (χ3n) is 6.33. The van der Waals surface area contributed by atoms with Gasteiger partial charge in [0.05, 0.1) is 24.0 Å². The number of fused-ring (bicyclic) bond motifs is 1. The predicted octanol–water partition coefficient (Wildman–Crippen LogP) is 7.55. The van der Waals surface area contributed by atoms with Crippen LogP contribution < -0.4 is 20.7 Å². The molecule has 0 bridgehead atoms. The molecule has 0 radical (unpaired) electrons. The van der Waals surface area contributed by atoms with Crippen LogP contribution in [-0.2, 0) is 0 Å². The van der Waals surface area contributed by atoms with E-state index in [4.69, 9.17) is 20.4 Å². The molecular formula is C30H26N6OS2. The highest BCUT2D eigenvalue weighted by Gasteiger charge is 2.18. The Morgan fingerprint density at radius 3 is 2.44 bits per heavy atom. The van der Waals surface area contributed by atoms with Crippen LogP contribution in [0.15, 0.2) is 84.2 Å². The average molecular weight is 551 g/mol. The summed E-state index contributed by atoms with van der Waals surface area (Å²) in [5.74, 6) is 1.24. The number of nitrogen functional groups attached to an aromatic ring is 1. The lowest BCUT2D eigenvalue weighted by Crippen LogP contribution is -2.08. The maximum absolute atomic E-state index is 6.36. The first-order valence-corrected chi connectivity index (χ1v) is 14.0. The van der Waals surface area contributed by atoms with Crippen LogP contribution in [0.4, 0.5) is 22.3 Å². The van der Waals surface area contributed by atoms with Crippen molar-refractivity contribution < 1.29 is 4.74 Å². The van der Waals surface area contributed by atoms with Crippen LogP contribution in [0.2, 0.25) is 0 Å². The van der Waals surface area contributed by atoms with Gasteiger partial charge in [-0.15, -0.1) is 11.3 Å². The van der Waals surface area contributed by atoms with Gasteiger partial charge in [-0.25, -0.2) is 15.0 Å². The van der Waals surface area contributed by atoms with Crippen molar-refractivity contribution in [3.63, 3.8) is 0 Å². The van der Waals surface area contributed by atoms with Gasteiger partial charge in [0.1, 0.15) is 21.5 Å². The van der Waals surface area contributed by atoms with Gasteiger partial charge in [-0.3, -0.25) is 0 Å². The van der Waals surface area contributed by atoms with E-state index in [1.807, 2.05) is 62.6 Å². The van der Waals surface area contributed by atoms with Crippen molar-refractivity contribution in [2.24, 2.45) is 0 Å². The highest BCUT2D eigenvalue weighted by molar-refractivity contribution is 7.23. The lowest BCUT2D eigenvalue weighted by atomic mass is 10.0. The van der Waals surface area contributed by atoms with Crippen LogP contribution in [0, 0.1) is 0 Å². The number of ether oxygens (including phenoxy) is 1. The summed E-state index contributed by atoms with van der Waals surface area (Å²) in [7, 11) is 5.71. The summed E-state index contributed by atoms with van der Waals surface area (Å²) in [4.78, 5) is 17.5. The van der Waals surface area contributed by atoms with E-state index >= 15 is 0 Å². The van der Waals surface area contributed by atoms with Crippen molar-refractivity contribution in [3.8, 4) is 38.1 Å². The van der Waals surface area contributed by atoms with Gasteiger partial charge in [-0.2, -0.15) is 0 Å². The molecule has 6 rings (SSSR count). The molecule has 3 heterocycles. The molecule has 0 saturated heterocycles. The lowest BCUT2D eigenvalue weighted by Gasteiger charge is -2.12. The Hall–Kier alpha value is -4.47. The molecule has 0 aliphatic rings. The smallest absolute Gasteiger partial charge is 0.189 e. The number of nitrogens with one attached hydrogen (secondary N) is 1. The van der Waals surface area contributed by atoms with Gasteiger partial charge in [-0.05, 0) is 48.5 Å². The molecule has 0 saturated carbocycles. The fourth-order valence-corrected chi connectivity index (χ4v) is 6.12. The fourth-order valence-electron chi connectivity index (χ4n) is 4.30. The quantitative estimate of drug-likeness (QED) is 0.212. The topological polar surface area (TPSA) is 89.2 Å². The molecule has 0 unspecified atom stereocenters. The standard InChI is InChI=1S/C30H26N6OS2/c1-36(2)21-11-9-20(10-12-21)32-30-35-28(31)27(39-30)29-34-25(17-38-29)23-16-19-15-22(37-3)13-14-24(19)33-26(23)18-7-5-4-6-8-18/h4-17H,31H2,1-3H3,(H,32,35). The molecule has 9 heteroatoms. The summed E-state index contributed by atoms with van der Waals surface area (Å²) in [6.45, 7) is 0. The number of rotatable bonds is 7. The molecule has 7 nitrogen and oxygen atoms in total. The molecule has 39 heavy (non-hydrogen) atoms. The molecule has 6 aromatic rings. The third-order valence-corrected chi connectivity index (χ3v) is 8.31. The zero-order chi connectivity index (χ0) is 26.9. The Bertz CT molecular complexity index is 1760. The first-order chi connectivity index (χ1) is 19.0. The van der Waals surface area contributed by atoms with Crippen LogP contribution >= 0.6 is 22.7 Å². The molecule has 3 aromatic heterocycles. The largest absolute Gasteiger partial charge is 0.497 e. The highest BCUT2D eigenvalue weighted by Crippen LogP contribution is 2.41. The second kappa shape index (κ2) is 10.4. The van der Waals surface area contributed by atoms with Crippen LogP contribution in [0.3, 0.4) is 0 Å². The molecule has 0 fully saturated rings. The zero-order valence-electron chi connectivity index (χ0n) is 21.7. The van der Waals surface area contributed by atoms with E-state index in [0.717, 1.165) is 65.6 Å². The van der Waals surface area contributed by atoms with Crippen molar-refractivity contribution >= 4 is 55.9 Å². The number of pyridine rings is 1. The van der Waals surface area contributed by atoms with E-state index in [1.165, 1.54) is 11.3 Å². The number of aromatic nitrogens is 3. The molecule has 0 atom stereocenters. The fraction of sp³-hybridized carbons (Fsp3) is 0.100. The van der Waals surface area contributed by atoms with E-state index in [9.17, 15) is 0 Å². The molecule has 0 spiro atoms. The number of methoxy groups -OCH3 is 1. The van der Waals surface area contributed by atoms with Gasteiger partial charge in [-0.1, -0.05) is 41.7 Å². The first kappa shape index (κ1) is 24.8. The first-order valence-electron chi connectivity index (χ1n) is 12.3. The van der Waals surface area contributed by atoms with E-state index in [0.29, 0.717) is 5.82 Å². The number of hydrogen-bond donors (Lipinski definition) is 2. The molecule has 0 aliphatic carbocycles. The van der Waals surface area contributed by atoms with Gasteiger partial charge in [0, 0.05) is 47.4 Å². The second-order valence-corrected chi connectivity index (χ2v) is 11.0. The minimum absolute atomic E-state index is 0.456. The maximum atomic E-state index is 6.36. The second-order valence-electron chi connectivity index (χ2n) is 9.15. The van der Waals surface area contributed by atoms with E-state index < -0.39 is 0 Å². The molecule has 3 N–H and O–H groups in total. The average Bonchev–Trinajstić information content (AvgIpc) is 3.59. The Kier molecular flexibility index (Phi) is 6.60. The molecule has 194 valence electrons. The van der Waals surface area contributed by atoms with Gasteiger partial charge in [0.2, 0.25) is 0 Å². The molecule has 0 amide bonds. The van der Waals surface area contributed by atoms with Crippen molar-refractivity contribution in [2.45, 2.75) is 0 Å². The van der Waals surface area contributed by atoms with Gasteiger partial charge < -0.3 is 20.7 Å². The Labute approximate surface area is 234 Å². The van der Waals surface area contributed by atoms with Gasteiger partial charge >= 0.3 is 0 Å². The predicted molar refractivity (Wildman–Crippen MR) is 164 cm³/mol. The number of benzene rings is 3. The minimum Gasteiger partial charge on any atom is -0.497 e. The van der Waals surface area contributed by atoms with Crippen molar-refractivity contribution in [2.75, 3.05) is 37.2 Å². The summed E-state index contributed by atoms with van der Waals surface area (Å²) in [5.41, 5.74) is 13.0. The highest BCUT2D eigenvalue weighted by atomic mass is 32.1. The summed E-state index contributed by atoms with van der Waals surface area (Å²) in [6.07, 6.45) is 0. The monoisotopic (exact) mass is 550 g/mol. The molecule has 0 aliphatic heterocycles.